The molecule has 0 saturated carbocycles. The van der Waals surface area contributed by atoms with Gasteiger partial charge in [-0.15, -0.1) is 0 Å². The van der Waals surface area contributed by atoms with Crippen LogP contribution in [0.15, 0.2) is 53.0 Å². The van der Waals surface area contributed by atoms with Gasteiger partial charge in [0, 0.05) is 23.5 Å². The van der Waals surface area contributed by atoms with Crippen LogP contribution in [0.25, 0.3) is 0 Å². The van der Waals surface area contributed by atoms with Gasteiger partial charge >= 0.3 is 0 Å². The Labute approximate surface area is 167 Å². The summed E-state index contributed by atoms with van der Waals surface area (Å²) in [5.41, 5.74) is 1.66. The highest BCUT2D eigenvalue weighted by atomic mass is 79.9. The van der Waals surface area contributed by atoms with Crippen LogP contribution in [0.1, 0.15) is 18.4 Å². The number of likely N-dealkylation sites (tertiary alicyclic amines) is 1. The number of piperidine rings is 1. The molecule has 27 heavy (non-hydrogen) atoms. The molecular formula is C20H21BBrFN2O2. The third-order valence-corrected chi connectivity index (χ3v) is 5.57. The molecule has 1 aliphatic heterocycles. The molecule has 0 aliphatic carbocycles. The van der Waals surface area contributed by atoms with Crippen LogP contribution in [0.4, 0.5) is 14.9 Å². The Balaban J connectivity index is 1.85. The van der Waals surface area contributed by atoms with Crippen LogP contribution in [0.3, 0.4) is 0 Å². The zero-order valence-corrected chi connectivity index (χ0v) is 16.8. The molecule has 0 radical (unpaired) electrons. The molecule has 1 fully saturated rings. The first-order chi connectivity index (χ1) is 13.0. The van der Waals surface area contributed by atoms with Crippen molar-refractivity contribution in [3.63, 3.8) is 0 Å². The normalized spacial score (nSPS) is 14.8. The maximum Gasteiger partial charge on any atom is 0.230 e. The van der Waals surface area contributed by atoms with Gasteiger partial charge in [0.1, 0.15) is 5.82 Å². The van der Waals surface area contributed by atoms with Gasteiger partial charge in [0.25, 0.3) is 0 Å². The zero-order chi connectivity index (χ0) is 19.4. The first-order valence-electron chi connectivity index (χ1n) is 9.01. The molecule has 1 aliphatic rings. The molecule has 3 rings (SSSR count). The minimum Gasteiger partial charge on any atom is -0.352 e. The average Bonchev–Trinajstić information content (AvgIpc) is 2.67. The Hall–Kier alpha value is -2.15. The summed E-state index contributed by atoms with van der Waals surface area (Å²) in [7, 11) is 1.56. The standard InChI is InChI=1S/C20H21BBrFN2O2/c21-20(27)24-10-8-15(9-11-24)19(26)25(13-14-4-2-1-3-5-14)18-7-6-16(23)12-17(18)22/h1-7,12,15H,8-11,13,21H2. The van der Waals surface area contributed by atoms with Crippen LogP contribution in [-0.2, 0) is 11.3 Å². The van der Waals surface area contributed by atoms with Crippen LogP contribution in [0.2, 0.25) is 0 Å². The molecule has 1 heterocycles. The van der Waals surface area contributed by atoms with Gasteiger partial charge in [0.15, 0.2) is 5.81 Å². The summed E-state index contributed by atoms with van der Waals surface area (Å²) in [6, 6.07) is 14.1. The minimum atomic E-state index is -0.354. The average molecular weight is 431 g/mol. The fourth-order valence-corrected chi connectivity index (χ4v) is 3.97. The van der Waals surface area contributed by atoms with E-state index in [-0.39, 0.29) is 23.4 Å². The van der Waals surface area contributed by atoms with Crippen molar-refractivity contribution in [3.05, 3.63) is 64.4 Å². The van der Waals surface area contributed by atoms with Crippen molar-refractivity contribution in [2.75, 3.05) is 18.0 Å². The molecule has 140 valence electrons. The molecular weight excluding hydrogens is 410 g/mol. The smallest absolute Gasteiger partial charge is 0.230 e. The summed E-state index contributed by atoms with van der Waals surface area (Å²) >= 11 is 3.40. The van der Waals surface area contributed by atoms with Crippen molar-refractivity contribution in [2.45, 2.75) is 19.4 Å². The van der Waals surface area contributed by atoms with E-state index in [9.17, 15) is 14.0 Å². The largest absolute Gasteiger partial charge is 0.352 e. The summed E-state index contributed by atoms with van der Waals surface area (Å²) in [4.78, 5) is 28.4. The minimum absolute atomic E-state index is 0.00867. The van der Waals surface area contributed by atoms with Crippen LogP contribution < -0.4 is 4.90 Å². The van der Waals surface area contributed by atoms with Gasteiger partial charge in [0.05, 0.1) is 12.2 Å². The second-order valence-corrected chi connectivity index (χ2v) is 7.64. The van der Waals surface area contributed by atoms with E-state index in [4.69, 9.17) is 0 Å². The topological polar surface area (TPSA) is 40.6 Å². The molecule has 7 heteroatoms. The quantitative estimate of drug-likeness (QED) is 0.695. The van der Waals surface area contributed by atoms with Crippen molar-refractivity contribution in [1.82, 2.24) is 4.90 Å². The summed E-state index contributed by atoms with van der Waals surface area (Å²) in [6.45, 7) is 1.60. The molecule has 4 nitrogen and oxygen atoms in total. The van der Waals surface area contributed by atoms with Gasteiger partial charge in [-0.2, -0.15) is 0 Å². The summed E-state index contributed by atoms with van der Waals surface area (Å²) < 4.78 is 14.1. The number of anilines is 1. The van der Waals surface area contributed by atoms with Gasteiger partial charge in [-0.3, -0.25) is 9.59 Å². The van der Waals surface area contributed by atoms with E-state index < -0.39 is 0 Å². The lowest BCUT2D eigenvalue weighted by Gasteiger charge is -2.34. The second-order valence-electron chi connectivity index (χ2n) is 6.79. The third kappa shape index (κ3) is 4.77. The van der Waals surface area contributed by atoms with Crippen molar-refractivity contribution < 1.29 is 14.0 Å². The lowest BCUT2D eigenvalue weighted by Crippen LogP contribution is -2.44. The number of benzene rings is 2. The van der Waals surface area contributed by atoms with E-state index in [1.807, 2.05) is 30.3 Å². The van der Waals surface area contributed by atoms with Gasteiger partial charge in [-0.1, -0.05) is 30.3 Å². The monoisotopic (exact) mass is 430 g/mol. The number of nitrogens with zero attached hydrogens (tertiary/aromatic N) is 2. The first kappa shape index (κ1) is 19.6. The molecule has 0 spiro atoms. The lowest BCUT2D eigenvalue weighted by atomic mass is 9.93. The third-order valence-electron chi connectivity index (χ3n) is 4.94. The highest BCUT2D eigenvalue weighted by molar-refractivity contribution is 9.10. The van der Waals surface area contributed by atoms with Crippen molar-refractivity contribution >= 4 is 41.2 Å². The molecule has 0 unspecified atom stereocenters. The Kier molecular flexibility index (Phi) is 6.32. The highest BCUT2D eigenvalue weighted by Gasteiger charge is 2.30. The number of carbonyl (C=O) groups excluding carboxylic acids is 2. The van der Waals surface area contributed by atoms with E-state index in [0.717, 1.165) is 5.56 Å². The Bertz CT molecular complexity index is 826. The Morgan fingerprint density at radius 2 is 1.81 bits per heavy atom. The molecule has 0 bridgehead atoms. The molecule has 2 amide bonds. The van der Waals surface area contributed by atoms with E-state index in [1.165, 1.54) is 12.1 Å². The van der Waals surface area contributed by atoms with Gasteiger partial charge < -0.3 is 9.80 Å². The summed E-state index contributed by atoms with van der Waals surface area (Å²) in [5.74, 6) is -0.452. The molecule has 0 N–H and O–H groups in total. The van der Waals surface area contributed by atoms with E-state index in [1.54, 1.807) is 23.7 Å². The van der Waals surface area contributed by atoms with Crippen LogP contribution in [-0.4, -0.2) is 37.5 Å². The number of hydrogen-bond donors (Lipinski definition) is 0. The Morgan fingerprint density at radius 1 is 1.15 bits per heavy atom. The predicted molar refractivity (Wildman–Crippen MR) is 110 cm³/mol. The van der Waals surface area contributed by atoms with Gasteiger partial charge in [0.2, 0.25) is 13.8 Å². The van der Waals surface area contributed by atoms with Crippen LogP contribution >= 0.6 is 15.9 Å². The SMILES string of the molecule is BC(=O)N1CCC(C(=O)N(Cc2ccccc2)c2ccc(F)cc2Br)CC1. The lowest BCUT2D eigenvalue weighted by molar-refractivity contribution is -0.123. The zero-order valence-electron chi connectivity index (χ0n) is 15.2. The predicted octanol–water partition coefficient (Wildman–Crippen LogP) is 3.59. The fourth-order valence-electron chi connectivity index (χ4n) is 3.41. The number of halogens is 2. The summed E-state index contributed by atoms with van der Waals surface area (Å²) in [6.07, 6.45) is 1.28. The first-order valence-corrected chi connectivity index (χ1v) is 9.81. The van der Waals surface area contributed by atoms with Crippen molar-refractivity contribution in [3.8, 4) is 0 Å². The Morgan fingerprint density at radius 3 is 2.41 bits per heavy atom. The van der Waals surface area contributed by atoms with Crippen LogP contribution in [0, 0.1) is 11.7 Å². The fraction of sp³-hybridized carbons (Fsp3) is 0.300. The van der Waals surface area contributed by atoms with Crippen molar-refractivity contribution in [2.24, 2.45) is 5.92 Å². The van der Waals surface area contributed by atoms with Gasteiger partial charge in [-0.25, -0.2) is 4.39 Å². The van der Waals surface area contributed by atoms with Crippen molar-refractivity contribution in [1.29, 1.82) is 0 Å². The van der Waals surface area contributed by atoms with Crippen LogP contribution in [0.5, 0.6) is 0 Å². The van der Waals surface area contributed by atoms with Gasteiger partial charge in [-0.05, 0) is 52.5 Å². The van der Waals surface area contributed by atoms with E-state index >= 15 is 0 Å². The molecule has 2 aromatic carbocycles. The highest BCUT2D eigenvalue weighted by Crippen LogP contribution is 2.31. The molecule has 1 saturated heterocycles. The number of hydrogen-bond acceptors (Lipinski definition) is 2. The summed E-state index contributed by atoms with van der Waals surface area (Å²) in [5, 5.41) is 0. The molecule has 0 atom stereocenters. The maximum atomic E-state index is 13.5. The number of amides is 2. The van der Waals surface area contributed by atoms with E-state index in [2.05, 4.69) is 15.9 Å². The maximum absolute atomic E-state index is 13.5. The molecule has 2 aromatic rings. The van der Waals surface area contributed by atoms with E-state index in [0.29, 0.717) is 42.6 Å². The molecule has 0 aromatic heterocycles. The number of rotatable bonds is 4. The number of carbonyl (C=O) groups is 2. The second kappa shape index (κ2) is 8.70.